The lowest BCUT2D eigenvalue weighted by atomic mass is 9.92. The van der Waals surface area contributed by atoms with Crippen molar-refractivity contribution in [2.45, 2.75) is 19.3 Å². The van der Waals surface area contributed by atoms with E-state index in [1.165, 1.54) is 24.9 Å². The summed E-state index contributed by atoms with van der Waals surface area (Å²) in [6.07, 6.45) is 7.36. The minimum atomic E-state index is 0.768. The van der Waals surface area contributed by atoms with Gasteiger partial charge >= 0.3 is 0 Å². The summed E-state index contributed by atoms with van der Waals surface area (Å²) >= 11 is 0. The van der Waals surface area contributed by atoms with E-state index in [2.05, 4.69) is 39.9 Å². The Hall–Kier alpha value is -1.68. The number of aromatic nitrogens is 3. The zero-order valence-electron chi connectivity index (χ0n) is 10.4. The van der Waals surface area contributed by atoms with Crippen LogP contribution in [0.1, 0.15) is 18.4 Å². The predicted octanol–water partition coefficient (Wildman–Crippen LogP) is 1.81. The fraction of sp³-hybridized carbons (Fsp3) is 0.429. The molecule has 1 N–H and O–H groups in total. The second-order valence-corrected chi connectivity index (χ2v) is 4.93. The fourth-order valence-corrected chi connectivity index (χ4v) is 2.60. The molecule has 0 spiro atoms. The molecular weight excluding hydrogens is 224 g/mol. The van der Waals surface area contributed by atoms with Gasteiger partial charge in [-0.15, -0.1) is 5.10 Å². The van der Waals surface area contributed by atoms with E-state index in [0.717, 1.165) is 24.6 Å². The van der Waals surface area contributed by atoms with Crippen molar-refractivity contribution < 1.29 is 0 Å². The zero-order valence-corrected chi connectivity index (χ0v) is 10.4. The average Bonchev–Trinajstić information content (AvgIpc) is 2.94. The van der Waals surface area contributed by atoms with Gasteiger partial charge in [-0.25, -0.2) is 4.68 Å². The Balaban J connectivity index is 1.74. The molecular formula is C14H18N4. The van der Waals surface area contributed by atoms with Crippen molar-refractivity contribution in [3.05, 3.63) is 42.2 Å². The van der Waals surface area contributed by atoms with E-state index in [0.29, 0.717) is 0 Å². The van der Waals surface area contributed by atoms with Crippen molar-refractivity contribution in [3.63, 3.8) is 0 Å². The third-order valence-electron chi connectivity index (χ3n) is 3.52. The molecule has 0 saturated carbocycles. The number of nitrogens with zero attached hydrogens (tertiary/aromatic N) is 3. The Bertz CT molecular complexity index is 486. The maximum Gasteiger partial charge on any atom is 0.0697 e. The van der Waals surface area contributed by atoms with Crippen LogP contribution in [0.5, 0.6) is 0 Å². The minimum absolute atomic E-state index is 0.768. The first-order valence-electron chi connectivity index (χ1n) is 6.58. The van der Waals surface area contributed by atoms with Crippen LogP contribution in [-0.2, 0) is 6.42 Å². The molecule has 1 aliphatic heterocycles. The first-order valence-corrected chi connectivity index (χ1v) is 6.58. The van der Waals surface area contributed by atoms with Crippen LogP contribution in [0.3, 0.4) is 0 Å². The molecule has 1 atom stereocenters. The van der Waals surface area contributed by atoms with Crippen LogP contribution in [0.2, 0.25) is 0 Å². The van der Waals surface area contributed by atoms with Crippen molar-refractivity contribution in [1.29, 1.82) is 0 Å². The number of hydrogen-bond acceptors (Lipinski definition) is 3. The van der Waals surface area contributed by atoms with Gasteiger partial charge in [-0.2, -0.15) is 0 Å². The number of benzene rings is 1. The Morgan fingerprint density at radius 2 is 2.39 bits per heavy atom. The predicted molar refractivity (Wildman–Crippen MR) is 70.7 cm³/mol. The van der Waals surface area contributed by atoms with Crippen molar-refractivity contribution in [1.82, 2.24) is 20.3 Å². The quantitative estimate of drug-likeness (QED) is 0.892. The average molecular weight is 242 g/mol. The Morgan fingerprint density at radius 3 is 3.17 bits per heavy atom. The highest BCUT2D eigenvalue weighted by Crippen LogP contribution is 2.18. The molecule has 2 aromatic rings. The number of piperidine rings is 1. The number of nitrogens with one attached hydrogen (secondary N) is 1. The topological polar surface area (TPSA) is 42.7 Å². The molecule has 4 heteroatoms. The van der Waals surface area contributed by atoms with Crippen LogP contribution < -0.4 is 5.32 Å². The highest BCUT2D eigenvalue weighted by molar-refractivity contribution is 5.34. The summed E-state index contributed by atoms with van der Waals surface area (Å²) in [5, 5.41) is 11.3. The van der Waals surface area contributed by atoms with E-state index >= 15 is 0 Å². The van der Waals surface area contributed by atoms with Gasteiger partial charge in [-0.3, -0.25) is 0 Å². The lowest BCUT2D eigenvalue weighted by Gasteiger charge is -2.22. The molecule has 1 aliphatic rings. The van der Waals surface area contributed by atoms with Crippen LogP contribution in [0.25, 0.3) is 5.69 Å². The summed E-state index contributed by atoms with van der Waals surface area (Å²) in [5.74, 6) is 0.768. The molecule has 3 rings (SSSR count). The molecule has 1 saturated heterocycles. The molecule has 2 heterocycles. The van der Waals surface area contributed by atoms with E-state index in [4.69, 9.17) is 0 Å². The first kappa shape index (κ1) is 11.4. The summed E-state index contributed by atoms with van der Waals surface area (Å²) in [4.78, 5) is 0. The highest BCUT2D eigenvalue weighted by Gasteiger charge is 2.13. The monoisotopic (exact) mass is 242 g/mol. The number of rotatable bonds is 3. The second kappa shape index (κ2) is 5.31. The van der Waals surface area contributed by atoms with Gasteiger partial charge in [0, 0.05) is 0 Å². The van der Waals surface area contributed by atoms with E-state index in [-0.39, 0.29) is 0 Å². The van der Waals surface area contributed by atoms with Gasteiger partial charge in [0.25, 0.3) is 0 Å². The minimum Gasteiger partial charge on any atom is -0.316 e. The van der Waals surface area contributed by atoms with Crippen LogP contribution in [0.4, 0.5) is 0 Å². The molecule has 1 fully saturated rings. The number of hydrogen-bond donors (Lipinski definition) is 1. The normalized spacial score (nSPS) is 19.9. The van der Waals surface area contributed by atoms with Crippen LogP contribution in [0.15, 0.2) is 36.7 Å². The lowest BCUT2D eigenvalue weighted by molar-refractivity contribution is 0.376. The molecule has 4 nitrogen and oxygen atoms in total. The molecule has 1 aromatic heterocycles. The highest BCUT2D eigenvalue weighted by atomic mass is 15.4. The Morgan fingerprint density at radius 1 is 1.39 bits per heavy atom. The summed E-state index contributed by atoms with van der Waals surface area (Å²) in [7, 11) is 0. The van der Waals surface area contributed by atoms with Gasteiger partial charge in [0.2, 0.25) is 0 Å². The van der Waals surface area contributed by atoms with Gasteiger partial charge in [-0.1, -0.05) is 17.3 Å². The molecule has 0 aliphatic carbocycles. The van der Waals surface area contributed by atoms with Crippen LogP contribution >= 0.6 is 0 Å². The Labute approximate surface area is 107 Å². The van der Waals surface area contributed by atoms with Gasteiger partial charge in [0.15, 0.2) is 0 Å². The van der Waals surface area contributed by atoms with E-state index in [1.807, 2.05) is 10.9 Å². The zero-order chi connectivity index (χ0) is 12.2. The van der Waals surface area contributed by atoms with Crippen molar-refractivity contribution in [2.75, 3.05) is 13.1 Å². The smallest absolute Gasteiger partial charge is 0.0697 e. The first-order chi connectivity index (χ1) is 8.92. The molecule has 0 bridgehead atoms. The standard InChI is InChI=1S/C14H18N4/c1-3-12(9-13-4-2-6-15-11-13)10-14(5-1)18-8-7-16-17-18/h1,3,5,7-8,10,13,15H,2,4,6,9,11H2. The van der Waals surface area contributed by atoms with Gasteiger partial charge < -0.3 is 5.32 Å². The molecule has 0 amide bonds. The molecule has 94 valence electrons. The van der Waals surface area contributed by atoms with Gasteiger partial charge in [-0.05, 0) is 56.0 Å². The lowest BCUT2D eigenvalue weighted by Crippen LogP contribution is -2.30. The van der Waals surface area contributed by atoms with E-state index in [9.17, 15) is 0 Å². The molecule has 1 aromatic carbocycles. The fourth-order valence-electron chi connectivity index (χ4n) is 2.60. The Kier molecular flexibility index (Phi) is 3.37. The third-order valence-corrected chi connectivity index (χ3v) is 3.52. The summed E-state index contributed by atoms with van der Waals surface area (Å²) in [6, 6.07) is 8.58. The van der Waals surface area contributed by atoms with Crippen molar-refractivity contribution in [2.24, 2.45) is 5.92 Å². The SMILES string of the molecule is c1cc(CC2CCCNC2)cc(-n2ccnn2)c1. The van der Waals surface area contributed by atoms with Crippen LogP contribution in [0, 0.1) is 5.92 Å². The summed E-state index contributed by atoms with van der Waals surface area (Å²) in [6.45, 7) is 2.32. The van der Waals surface area contributed by atoms with Gasteiger partial charge in [0.1, 0.15) is 0 Å². The largest absolute Gasteiger partial charge is 0.316 e. The maximum atomic E-state index is 4.03. The molecule has 18 heavy (non-hydrogen) atoms. The van der Waals surface area contributed by atoms with Crippen LogP contribution in [-0.4, -0.2) is 28.1 Å². The van der Waals surface area contributed by atoms with Crippen molar-refractivity contribution in [3.8, 4) is 5.69 Å². The maximum absolute atomic E-state index is 4.03. The molecule has 0 radical (unpaired) electrons. The second-order valence-electron chi connectivity index (χ2n) is 4.93. The third kappa shape index (κ3) is 2.59. The van der Waals surface area contributed by atoms with Crippen molar-refractivity contribution >= 4 is 0 Å². The summed E-state index contributed by atoms with van der Waals surface area (Å²) in [5.41, 5.74) is 2.48. The van der Waals surface area contributed by atoms with E-state index in [1.54, 1.807) is 6.20 Å². The van der Waals surface area contributed by atoms with Gasteiger partial charge in [0.05, 0.1) is 18.1 Å². The molecule has 1 unspecified atom stereocenters. The summed E-state index contributed by atoms with van der Waals surface area (Å²) < 4.78 is 1.81. The van der Waals surface area contributed by atoms with E-state index < -0.39 is 0 Å².